The summed E-state index contributed by atoms with van der Waals surface area (Å²) in [6, 6.07) is 4.52. The first kappa shape index (κ1) is 73.2. The molecule has 5 heterocycles. The van der Waals surface area contributed by atoms with Crippen molar-refractivity contribution < 1.29 is 96.0 Å². The van der Waals surface area contributed by atoms with Crippen LogP contribution in [0.5, 0.6) is 17.2 Å². The first-order chi connectivity index (χ1) is 44.5. The topological polar surface area (TPSA) is 372 Å². The maximum Gasteiger partial charge on any atom is 0.410 e. The third-order valence-corrected chi connectivity index (χ3v) is 18.6. The lowest BCUT2D eigenvalue weighted by Gasteiger charge is -2.39. The Morgan fingerprint density at radius 1 is 0.883 bits per heavy atom. The predicted molar refractivity (Wildman–Crippen MR) is 342 cm³/mol. The van der Waals surface area contributed by atoms with E-state index in [0.29, 0.717) is 37.4 Å². The third-order valence-electron chi connectivity index (χ3n) is 17.1. The molecular weight excluding hydrogens is 1260 g/mol. The van der Waals surface area contributed by atoms with Gasteiger partial charge in [0.1, 0.15) is 58.1 Å². The second kappa shape index (κ2) is 31.8. The van der Waals surface area contributed by atoms with E-state index >= 15 is 4.79 Å². The molecule has 8 rings (SSSR count). The summed E-state index contributed by atoms with van der Waals surface area (Å²) in [4.78, 5) is 120. The molecule has 3 aromatic carbocycles. The van der Waals surface area contributed by atoms with Gasteiger partial charge in [-0.1, -0.05) is 78.8 Å². The lowest BCUT2D eigenvalue weighted by molar-refractivity contribution is -0.165. The van der Waals surface area contributed by atoms with Gasteiger partial charge >= 0.3 is 29.8 Å². The van der Waals surface area contributed by atoms with E-state index in [0.717, 1.165) is 6.54 Å². The molecule has 0 unspecified atom stereocenters. The van der Waals surface area contributed by atoms with Crippen molar-refractivity contribution in [3.05, 3.63) is 87.8 Å². The van der Waals surface area contributed by atoms with E-state index in [2.05, 4.69) is 45.0 Å². The zero-order valence-corrected chi connectivity index (χ0v) is 56.4. The fraction of sp³-hybridized carbons (Fsp3) is 0.538. The zero-order valence-electron chi connectivity index (χ0n) is 54.6. The van der Waals surface area contributed by atoms with E-state index in [4.69, 9.17) is 38.2 Å². The number of hydrogen-bond donors (Lipinski definition) is 7. The highest BCUT2D eigenvalue weighted by atomic mass is 31.1. The minimum Gasteiger partial charge on any atom is -0.507 e. The number of fused-ring (bicyclic) bond motifs is 13. The van der Waals surface area contributed by atoms with Crippen molar-refractivity contribution in [2.24, 2.45) is 39.6 Å². The lowest BCUT2D eigenvalue weighted by atomic mass is 9.78. The average molecular weight is 1340 g/mol. The third kappa shape index (κ3) is 17.2. The number of carbonyl (C=O) groups is 8. The van der Waals surface area contributed by atoms with Crippen molar-refractivity contribution in [3.8, 4) is 17.2 Å². The van der Waals surface area contributed by atoms with Gasteiger partial charge in [-0.25, -0.2) is 9.79 Å². The number of Topliss-reactive ketones (excluding diaryl/α,β-unsaturated/α-hetero) is 1. The number of phenolic OH excluding ortho intramolecular Hbond substituents is 2. The number of nitrogens with zero attached hydrogens (tertiary/aromatic N) is 3. The van der Waals surface area contributed by atoms with Crippen molar-refractivity contribution in [1.29, 1.82) is 0 Å². The van der Waals surface area contributed by atoms with Crippen LogP contribution in [0, 0.1) is 36.5 Å². The molecule has 27 nitrogen and oxygen atoms in total. The van der Waals surface area contributed by atoms with Crippen LogP contribution in [0.3, 0.4) is 0 Å². The molecule has 0 radical (unpaired) electrons. The number of ketones is 1. The predicted octanol–water partition coefficient (Wildman–Crippen LogP) is 6.90. The Morgan fingerprint density at radius 3 is 2.18 bits per heavy atom. The fourth-order valence-corrected chi connectivity index (χ4v) is 12.7. The molecular formula is C65H83N7O20P2. The standard InChI is InChI=1S/C65H83N7O20P2/c1-13-45(75)87-31-88-63(83)68-42(28-44(74)67-41-19-17-40(18-20-41)27-47(93-84)94-85)62(82)66-29-46(76)91-57-33(4)15-14-16-34(5)61(81)69-53-52-51(70-65(71-52)22-24-72(25-23-65)30-32(2)3)48-49(56(53)79)55(78)38(9)59-50(48)60(80)64(11,92-59)89-26-21-43(86-12)35(6)58(90-39(10)73)37(8)54(77)36(57)7/h14-21,26,32-33,35-37,42-43,47,54,57-58,70,77-79H,13,22-25,27-31H2,1-12H3,(H,66,82)(H,67,74)(H,68,83)/b15-14+,26-21+,34-16-,69-53?/t33-,35+,36-,37+,42+,43-,54+,57-,58+,64-/m0/s1. The van der Waals surface area contributed by atoms with Gasteiger partial charge in [-0.15, -0.1) is 0 Å². The fourth-order valence-electron chi connectivity index (χ4n) is 12.0. The summed E-state index contributed by atoms with van der Waals surface area (Å²) in [6.07, 6.45) is 1.53. The maximum absolute atomic E-state index is 15.0. The molecule has 0 aromatic heterocycles. The number of anilines is 2. The van der Waals surface area contributed by atoms with Crippen LogP contribution in [-0.2, 0) is 72.7 Å². The number of aliphatic hydroxyl groups excluding tert-OH is 1. The van der Waals surface area contributed by atoms with E-state index in [1.807, 2.05) is 0 Å². The highest BCUT2D eigenvalue weighted by Gasteiger charge is 2.51. The number of carbonyl (C=O) groups excluding carboxylic acids is 8. The van der Waals surface area contributed by atoms with E-state index in [-0.39, 0.29) is 85.1 Å². The number of phenols is 2. The maximum atomic E-state index is 15.0. The average Bonchev–Trinajstić information content (AvgIpc) is 1.40. The molecule has 7 N–H and O–H groups in total. The van der Waals surface area contributed by atoms with Crippen LogP contribution in [0.2, 0.25) is 0 Å². The van der Waals surface area contributed by atoms with Gasteiger partial charge in [0.2, 0.25) is 18.6 Å². The van der Waals surface area contributed by atoms with Crippen LogP contribution in [-0.4, -0.2) is 155 Å². The van der Waals surface area contributed by atoms with Gasteiger partial charge in [-0.2, -0.15) is 0 Å². The van der Waals surface area contributed by atoms with E-state index in [1.165, 1.54) is 78.4 Å². The van der Waals surface area contributed by atoms with Crippen LogP contribution in [0.1, 0.15) is 116 Å². The van der Waals surface area contributed by atoms with E-state index in [1.54, 1.807) is 45.9 Å². The Balaban J connectivity index is 1.24. The minimum atomic E-state index is -2.08. The molecule has 1 fully saturated rings. The van der Waals surface area contributed by atoms with Gasteiger partial charge < -0.3 is 74.6 Å². The van der Waals surface area contributed by atoms with E-state index in [9.17, 15) is 58.0 Å². The summed E-state index contributed by atoms with van der Waals surface area (Å²) in [5.41, 5.74) is 0.282. The minimum absolute atomic E-state index is 0.0232. The number of methoxy groups -OCH3 is 1. The van der Waals surface area contributed by atoms with Crippen LogP contribution in [0.15, 0.2) is 70.4 Å². The number of aliphatic hydroxyl groups is 1. The molecule has 3 aromatic rings. The van der Waals surface area contributed by atoms with Gasteiger partial charge in [0.05, 0.1) is 41.5 Å². The van der Waals surface area contributed by atoms with Gasteiger partial charge in [-0.05, 0) is 50.0 Å². The molecule has 5 aliphatic heterocycles. The number of amides is 4. The molecule has 94 heavy (non-hydrogen) atoms. The highest BCUT2D eigenvalue weighted by Crippen LogP contribution is 2.51. The lowest BCUT2D eigenvalue weighted by Crippen LogP contribution is -2.50. The summed E-state index contributed by atoms with van der Waals surface area (Å²) in [5, 5.41) is 46.6. The number of piperidine rings is 1. The Kier molecular flexibility index (Phi) is 24.8. The van der Waals surface area contributed by atoms with Crippen LogP contribution >= 0.6 is 16.9 Å². The largest absolute Gasteiger partial charge is 0.507 e. The zero-order chi connectivity index (χ0) is 69.1. The molecule has 10 atom stereocenters. The molecule has 1 spiro atoms. The molecule has 1 saturated heterocycles. The number of allylic oxidation sites excluding steroid dienone is 2. The summed E-state index contributed by atoms with van der Waals surface area (Å²) >= 11 is 0. The van der Waals surface area contributed by atoms with Crippen molar-refractivity contribution >= 4 is 86.6 Å². The second-order valence-electron chi connectivity index (χ2n) is 24.6. The number of hydrogen-bond acceptors (Lipinski definition) is 23. The normalized spacial score (nSPS) is 25.7. The quantitative estimate of drug-likeness (QED) is 0.0211. The van der Waals surface area contributed by atoms with Gasteiger partial charge in [0, 0.05) is 106 Å². The summed E-state index contributed by atoms with van der Waals surface area (Å²) in [5.74, 6) is -12.2. The van der Waals surface area contributed by atoms with E-state index < -0.39 is 150 Å². The summed E-state index contributed by atoms with van der Waals surface area (Å²) in [6.45, 7) is 18.3. The number of aromatic hydroxyl groups is 2. The molecule has 29 heteroatoms. The Morgan fingerprint density at radius 2 is 1.55 bits per heavy atom. The molecule has 0 aliphatic carbocycles. The number of ether oxygens (including phenoxy) is 7. The Bertz CT molecular complexity index is 3640. The molecule has 4 amide bonds. The monoisotopic (exact) mass is 1340 g/mol. The first-order valence-corrected chi connectivity index (χ1v) is 32.7. The Labute approximate surface area is 546 Å². The smallest absolute Gasteiger partial charge is 0.410 e. The molecule has 0 saturated carbocycles. The van der Waals surface area contributed by atoms with Gasteiger partial charge in [0.15, 0.2) is 22.7 Å². The van der Waals surface area contributed by atoms with Crippen LogP contribution in [0.4, 0.5) is 16.2 Å². The van der Waals surface area contributed by atoms with Crippen molar-refractivity contribution in [2.45, 2.75) is 156 Å². The SMILES string of the molecule is CCC(=O)OCOC(=O)N[C@H](CC(=O)Nc1ccc(CC(P=O)P=O)cc1)C(=O)NCC(=O)O[C@@H]1[C@@H](C)[C@@H](O)[C@@H](C)[C@H](OC(C)=O)[C@H](C)[C@@H](OC)/C=C/O[C@@]2(C)Oc3c(C)c(O)c4c(O)c(c5c(c4c3C2=O)NC2(CCN(CC(C)C)CC2)N=5)=NC(=O)/C(C)=C\C=C\[C@@H]1C. The summed E-state index contributed by atoms with van der Waals surface area (Å²) < 4.78 is 62.8. The first-order valence-electron chi connectivity index (χ1n) is 31.0. The Hall–Kier alpha value is -8.22. The number of rotatable bonds is 19. The molecule has 5 bridgehead atoms. The highest BCUT2D eigenvalue weighted by molar-refractivity contribution is 7.44. The van der Waals surface area contributed by atoms with Gasteiger partial charge in [0.25, 0.3) is 11.7 Å². The van der Waals surface area contributed by atoms with Crippen molar-refractivity contribution in [3.63, 3.8) is 0 Å². The number of esters is 3. The van der Waals surface area contributed by atoms with Crippen molar-refractivity contribution in [2.75, 3.05) is 50.7 Å². The number of likely N-dealkylation sites (tertiary alicyclic amines) is 1. The summed E-state index contributed by atoms with van der Waals surface area (Å²) in [7, 11) is 0.753. The van der Waals surface area contributed by atoms with Crippen LogP contribution < -0.4 is 36.7 Å². The molecule has 5 aliphatic rings. The van der Waals surface area contributed by atoms with Crippen molar-refractivity contribution in [1.82, 2.24) is 15.5 Å². The molecule has 508 valence electrons. The number of benzene rings is 3. The van der Waals surface area contributed by atoms with Gasteiger partial charge in [-0.3, -0.25) is 47.7 Å². The van der Waals surface area contributed by atoms with Crippen LogP contribution in [0.25, 0.3) is 10.8 Å². The second-order valence-corrected chi connectivity index (χ2v) is 26.7. The number of nitrogens with one attached hydrogen (secondary N) is 4. The number of alkyl carbamates (subject to hydrolysis) is 1.